The van der Waals surface area contributed by atoms with Crippen molar-refractivity contribution in [3.8, 4) is 0 Å². The number of hydrogen-bond acceptors (Lipinski definition) is 5. The van der Waals surface area contributed by atoms with E-state index in [4.69, 9.17) is 4.74 Å². The first kappa shape index (κ1) is 20.3. The summed E-state index contributed by atoms with van der Waals surface area (Å²) >= 11 is 0. The fourth-order valence-corrected chi connectivity index (χ4v) is 6.04. The van der Waals surface area contributed by atoms with Crippen LogP contribution >= 0.6 is 0 Å². The number of ether oxygens (including phenoxy) is 1. The van der Waals surface area contributed by atoms with Gasteiger partial charge in [-0.2, -0.15) is 0 Å². The van der Waals surface area contributed by atoms with Crippen LogP contribution in [-0.4, -0.2) is 33.0 Å². The van der Waals surface area contributed by atoms with E-state index in [1.54, 1.807) is 61.5 Å². The lowest BCUT2D eigenvalue weighted by Gasteiger charge is -2.34. The molecule has 0 aliphatic heterocycles. The first-order valence-corrected chi connectivity index (χ1v) is 11.1. The summed E-state index contributed by atoms with van der Waals surface area (Å²) in [7, 11) is -3.59. The third-order valence-electron chi connectivity index (χ3n) is 5.55. The Morgan fingerprint density at radius 3 is 2.50 bits per heavy atom. The Labute approximate surface area is 165 Å². The molecule has 148 valence electrons. The van der Waals surface area contributed by atoms with Crippen molar-refractivity contribution in [3.63, 3.8) is 0 Å². The van der Waals surface area contributed by atoms with Gasteiger partial charge in [-0.05, 0) is 43.4 Å². The topological polar surface area (TPSA) is 77.5 Å². The van der Waals surface area contributed by atoms with Crippen LogP contribution in [0.15, 0.2) is 59.5 Å². The molecule has 0 heterocycles. The summed E-state index contributed by atoms with van der Waals surface area (Å²) < 4.78 is 31.4. The minimum Gasteiger partial charge on any atom is -0.465 e. The van der Waals surface area contributed by atoms with Crippen LogP contribution in [0.2, 0.25) is 0 Å². The highest BCUT2D eigenvalue weighted by Gasteiger charge is 2.53. The van der Waals surface area contributed by atoms with Crippen molar-refractivity contribution < 1.29 is 22.7 Å². The molecule has 1 aliphatic carbocycles. The molecule has 3 rings (SSSR count). The number of rotatable bonds is 7. The molecule has 0 spiro atoms. The van der Waals surface area contributed by atoms with E-state index < -0.39 is 27.1 Å². The molecule has 0 N–H and O–H groups in total. The first-order valence-electron chi connectivity index (χ1n) is 9.45. The van der Waals surface area contributed by atoms with Crippen LogP contribution in [0, 0.1) is 5.92 Å². The Morgan fingerprint density at radius 2 is 1.82 bits per heavy atom. The third kappa shape index (κ3) is 3.61. The van der Waals surface area contributed by atoms with Crippen LogP contribution in [0.5, 0.6) is 0 Å². The molecule has 1 fully saturated rings. The number of aldehydes is 1. The molecule has 0 saturated heterocycles. The predicted molar refractivity (Wildman–Crippen MR) is 106 cm³/mol. The van der Waals surface area contributed by atoms with Crippen LogP contribution < -0.4 is 0 Å². The third-order valence-corrected chi connectivity index (χ3v) is 7.38. The highest BCUT2D eigenvalue weighted by atomic mass is 32.2. The summed E-state index contributed by atoms with van der Waals surface area (Å²) in [6.45, 7) is 1.92. The number of carbonyl (C=O) groups excluding carboxylic acids is 2. The van der Waals surface area contributed by atoms with E-state index in [9.17, 15) is 18.0 Å². The smallest absolute Gasteiger partial charge is 0.316 e. The minimum absolute atomic E-state index is 0.164. The molecule has 6 heteroatoms. The summed E-state index contributed by atoms with van der Waals surface area (Å²) in [5.74, 6) is -1.07. The van der Waals surface area contributed by atoms with E-state index >= 15 is 0 Å². The van der Waals surface area contributed by atoms with Crippen LogP contribution in [0.1, 0.15) is 42.1 Å². The Morgan fingerprint density at radius 1 is 1.14 bits per heavy atom. The highest BCUT2D eigenvalue weighted by Crippen LogP contribution is 2.48. The van der Waals surface area contributed by atoms with Gasteiger partial charge in [0.1, 0.15) is 6.29 Å². The van der Waals surface area contributed by atoms with Gasteiger partial charge in [0.25, 0.3) is 0 Å². The van der Waals surface area contributed by atoms with E-state index in [0.717, 1.165) is 6.29 Å². The lowest BCUT2D eigenvalue weighted by molar-refractivity contribution is -0.151. The van der Waals surface area contributed by atoms with E-state index in [1.165, 1.54) is 0 Å². The molecule has 28 heavy (non-hydrogen) atoms. The number of benzene rings is 2. The van der Waals surface area contributed by atoms with E-state index in [1.807, 2.05) is 0 Å². The zero-order chi connectivity index (χ0) is 20.2. The number of hydrogen-bond donors (Lipinski definition) is 0. The normalized spacial score (nSPS) is 22.0. The standard InChI is InChI=1S/C22H24O5S/c1-2-27-21(24)22(20-13-7-6-9-17(20)15-23)14-8-10-18(22)16-28(25,26)19-11-4-3-5-12-19/h3-7,9,11-13,15,18H,2,8,10,14,16H2,1H3. The van der Waals surface area contributed by atoms with Crippen LogP contribution in [0.3, 0.4) is 0 Å². The summed E-state index contributed by atoms with van der Waals surface area (Å²) in [6.07, 6.45) is 2.46. The van der Waals surface area contributed by atoms with Crippen molar-refractivity contribution in [2.45, 2.75) is 36.5 Å². The maximum absolute atomic E-state index is 13.1. The number of esters is 1. The number of sulfone groups is 1. The van der Waals surface area contributed by atoms with E-state index in [2.05, 4.69) is 0 Å². The quantitative estimate of drug-likeness (QED) is 0.524. The van der Waals surface area contributed by atoms with Crippen molar-refractivity contribution in [3.05, 3.63) is 65.7 Å². The summed E-state index contributed by atoms with van der Waals surface area (Å²) in [5, 5.41) is 0. The van der Waals surface area contributed by atoms with Gasteiger partial charge in [-0.25, -0.2) is 8.42 Å². The molecule has 5 nitrogen and oxygen atoms in total. The monoisotopic (exact) mass is 400 g/mol. The average molecular weight is 400 g/mol. The van der Waals surface area contributed by atoms with Crippen LogP contribution in [0.4, 0.5) is 0 Å². The van der Waals surface area contributed by atoms with Crippen molar-refractivity contribution in [2.24, 2.45) is 5.92 Å². The van der Waals surface area contributed by atoms with Gasteiger partial charge < -0.3 is 4.74 Å². The van der Waals surface area contributed by atoms with Gasteiger partial charge in [-0.1, -0.05) is 48.9 Å². The molecule has 2 aromatic rings. The van der Waals surface area contributed by atoms with Gasteiger partial charge in [0, 0.05) is 5.56 Å². The zero-order valence-electron chi connectivity index (χ0n) is 15.8. The summed E-state index contributed by atoms with van der Waals surface area (Å²) in [6, 6.07) is 15.2. The molecule has 0 radical (unpaired) electrons. The van der Waals surface area contributed by atoms with Gasteiger partial charge in [0.15, 0.2) is 9.84 Å². The molecule has 0 bridgehead atoms. The first-order chi connectivity index (χ1) is 13.5. The van der Waals surface area contributed by atoms with Gasteiger partial charge in [-0.3, -0.25) is 9.59 Å². The van der Waals surface area contributed by atoms with E-state index in [-0.39, 0.29) is 17.3 Å². The van der Waals surface area contributed by atoms with Gasteiger partial charge in [-0.15, -0.1) is 0 Å². The maximum atomic E-state index is 13.1. The van der Waals surface area contributed by atoms with E-state index in [0.29, 0.717) is 30.4 Å². The second-order valence-corrected chi connectivity index (χ2v) is 9.11. The Hall–Kier alpha value is -2.47. The van der Waals surface area contributed by atoms with Gasteiger partial charge in [0.2, 0.25) is 0 Å². The second-order valence-electron chi connectivity index (χ2n) is 7.08. The fourth-order valence-electron chi connectivity index (χ4n) is 4.29. The second kappa shape index (κ2) is 8.27. The van der Waals surface area contributed by atoms with Crippen LogP contribution in [-0.2, 0) is 24.8 Å². The molecule has 2 aromatic carbocycles. The van der Waals surface area contributed by atoms with Gasteiger partial charge in [0.05, 0.1) is 22.7 Å². The Bertz CT molecular complexity index is 952. The Balaban J connectivity index is 2.09. The summed E-state index contributed by atoms with van der Waals surface area (Å²) in [5.41, 5.74) is -0.163. The van der Waals surface area contributed by atoms with Crippen molar-refractivity contribution in [2.75, 3.05) is 12.4 Å². The SMILES string of the molecule is CCOC(=O)C1(c2ccccc2C=O)CCCC1CS(=O)(=O)c1ccccc1. The molecular weight excluding hydrogens is 376 g/mol. The lowest BCUT2D eigenvalue weighted by atomic mass is 9.71. The molecule has 1 aliphatic rings. The largest absolute Gasteiger partial charge is 0.465 e. The predicted octanol–water partition coefficient (Wildman–Crippen LogP) is 3.57. The van der Waals surface area contributed by atoms with Crippen molar-refractivity contribution in [1.82, 2.24) is 0 Å². The van der Waals surface area contributed by atoms with Crippen LogP contribution in [0.25, 0.3) is 0 Å². The fraction of sp³-hybridized carbons (Fsp3) is 0.364. The van der Waals surface area contributed by atoms with Crippen molar-refractivity contribution >= 4 is 22.1 Å². The zero-order valence-corrected chi connectivity index (χ0v) is 16.7. The lowest BCUT2D eigenvalue weighted by Crippen LogP contribution is -2.44. The maximum Gasteiger partial charge on any atom is 0.316 e. The van der Waals surface area contributed by atoms with Crippen molar-refractivity contribution in [1.29, 1.82) is 0 Å². The molecule has 0 aromatic heterocycles. The molecule has 0 amide bonds. The summed E-state index contributed by atoms with van der Waals surface area (Å²) in [4.78, 5) is 25.0. The highest BCUT2D eigenvalue weighted by molar-refractivity contribution is 7.91. The molecule has 2 unspecified atom stereocenters. The Kier molecular flexibility index (Phi) is 5.98. The molecule has 1 saturated carbocycles. The number of carbonyl (C=O) groups is 2. The molecular formula is C22H24O5S. The molecule has 2 atom stereocenters. The van der Waals surface area contributed by atoms with Gasteiger partial charge >= 0.3 is 5.97 Å². The average Bonchev–Trinajstić information content (AvgIpc) is 3.12. The minimum atomic E-state index is -3.59.